The maximum atomic E-state index is 10.9. The van der Waals surface area contributed by atoms with E-state index in [1.807, 2.05) is 0 Å². The second-order valence-corrected chi connectivity index (χ2v) is 3.84. The molecule has 0 saturated carbocycles. The van der Waals surface area contributed by atoms with E-state index in [1.54, 1.807) is 20.8 Å². The summed E-state index contributed by atoms with van der Waals surface area (Å²) in [5.74, 6) is -0.526. The van der Waals surface area contributed by atoms with Crippen LogP contribution in [0.1, 0.15) is 40.5 Å². The maximum absolute atomic E-state index is 10.9. The highest BCUT2D eigenvalue weighted by molar-refractivity contribution is 5.81. The summed E-state index contributed by atoms with van der Waals surface area (Å²) in [4.78, 5) is 10.9. The van der Waals surface area contributed by atoms with Crippen molar-refractivity contribution in [2.24, 2.45) is 0 Å². The first kappa shape index (κ1) is 17.1. The average Bonchev–Trinajstić information content (AvgIpc) is 2.28. The van der Waals surface area contributed by atoms with E-state index in [9.17, 15) is 4.79 Å². The van der Waals surface area contributed by atoms with Crippen molar-refractivity contribution in [2.75, 3.05) is 6.61 Å². The predicted molar refractivity (Wildman–Crippen MR) is 67.7 cm³/mol. The molecule has 0 fully saturated rings. The molecule has 0 aromatic carbocycles. The van der Waals surface area contributed by atoms with Crippen LogP contribution in [0.3, 0.4) is 0 Å². The van der Waals surface area contributed by atoms with E-state index >= 15 is 0 Å². The minimum Gasteiger partial charge on any atom is -0.433 e. The zero-order valence-corrected chi connectivity index (χ0v) is 11.7. The molecule has 0 amide bonds. The SMILES string of the molecule is C=CC(=O)OC(C)OC(C)OC(C)OCCCC. The van der Waals surface area contributed by atoms with Crippen LogP contribution in [0.25, 0.3) is 0 Å². The Kier molecular flexibility index (Phi) is 9.55. The lowest BCUT2D eigenvalue weighted by atomic mass is 10.4. The summed E-state index contributed by atoms with van der Waals surface area (Å²) in [6.45, 7) is 11.2. The molecule has 0 bridgehead atoms. The highest BCUT2D eigenvalue weighted by atomic mass is 16.8. The molecular weight excluding hydrogens is 236 g/mol. The summed E-state index contributed by atoms with van der Waals surface area (Å²) in [6.07, 6.45) is 1.60. The lowest BCUT2D eigenvalue weighted by Crippen LogP contribution is -2.28. The van der Waals surface area contributed by atoms with E-state index < -0.39 is 18.5 Å². The first-order valence-corrected chi connectivity index (χ1v) is 6.25. The Bertz CT molecular complexity index is 242. The van der Waals surface area contributed by atoms with Crippen molar-refractivity contribution in [1.82, 2.24) is 0 Å². The quantitative estimate of drug-likeness (QED) is 0.261. The smallest absolute Gasteiger partial charge is 0.332 e. The predicted octanol–water partition coefficient (Wildman–Crippen LogP) is 2.60. The zero-order chi connectivity index (χ0) is 14.0. The summed E-state index contributed by atoms with van der Waals surface area (Å²) >= 11 is 0. The van der Waals surface area contributed by atoms with Gasteiger partial charge in [0, 0.05) is 12.7 Å². The second-order valence-electron chi connectivity index (χ2n) is 3.84. The number of carbonyl (C=O) groups is 1. The molecule has 5 nitrogen and oxygen atoms in total. The van der Waals surface area contributed by atoms with E-state index in [-0.39, 0.29) is 6.29 Å². The molecule has 5 heteroatoms. The molecule has 0 radical (unpaired) electrons. The van der Waals surface area contributed by atoms with Gasteiger partial charge in [-0.1, -0.05) is 19.9 Å². The molecule has 0 aliphatic carbocycles. The Hall–Kier alpha value is -0.910. The van der Waals surface area contributed by atoms with Gasteiger partial charge in [0.2, 0.25) is 6.29 Å². The molecule has 106 valence electrons. The number of carbonyl (C=O) groups excluding carboxylic acids is 1. The van der Waals surface area contributed by atoms with E-state index in [1.165, 1.54) is 0 Å². The number of ether oxygens (including phenoxy) is 4. The average molecular weight is 260 g/mol. The summed E-state index contributed by atoms with van der Waals surface area (Å²) in [7, 11) is 0. The third-order valence-electron chi connectivity index (χ3n) is 2.07. The Labute approximate surface area is 109 Å². The monoisotopic (exact) mass is 260 g/mol. The molecule has 0 rings (SSSR count). The molecule has 0 N–H and O–H groups in total. The zero-order valence-electron chi connectivity index (χ0n) is 11.7. The Morgan fingerprint density at radius 3 is 2.33 bits per heavy atom. The largest absolute Gasteiger partial charge is 0.433 e. The van der Waals surface area contributed by atoms with E-state index in [0.29, 0.717) is 6.61 Å². The summed E-state index contributed by atoms with van der Waals surface area (Å²) in [5, 5.41) is 0. The lowest BCUT2D eigenvalue weighted by molar-refractivity contribution is -0.273. The van der Waals surface area contributed by atoms with Crippen LogP contribution in [0.4, 0.5) is 0 Å². The molecule has 0 spiro atoms. The van der Waals surface area contributed by atoms with Crippen molar-refractivity contribution < 1.29 is 23.7 Å². The van der Waals surface area contributed by atoms with Crippen LogP contribution in [-0.2, 0) is 23.7 Å². The topological polar surface area (TPSA) is 54.0 Å². The van der Waals surface area contributed by atoms with Gasteiger partial charge in [-0.2, -0.15) is 0 Å². The van der Waals surface area contributed by atoms with E-state index in [0.717, 1.165) is 18.9 Å². The fourth-order valence-corrected chi connectivity index (χ4v) is 1.24. The van der Waals surface area contributed by atoms with Crippen molar-refractivity contribution in [2.45, 2.75) is 59.4 Å². The van der Waals surface area contributed by atoms with Crippen LogP contribution in [0.5, 0.6) is 0 Å². The van der Waals surface area contributed by atoms with E-state index in [2.05, 4.69) is 13.5 Å². The summed E-state index contributed by atoms with van der Waals surface area (Å²) < 4.78 is 21.0. The van der Waals surface area contributed by atoms with Crippen LogP contribution in [0.2, 0.25) is 0 Å². The standard InChI is InChI=1S/C13H24O5/c1-6-8-9-15-10(3)16-11(4)17-12(5)18-13(14)7-2/h7,10-12H,2,6,8-9H2,1,3-5H3. The van der Waals surface area contributed by atoms with Crippen molar-refractivity contribution in [1.29, 1.82) is 0 Å². The molecule has 0 aromatic rings. The normalized spacial score (nSPS) is 15.8. The second kappa shape index (κ2) is 10.1. The lowest BCUT2D eigenvalue weighted by Gasteiger charge is -2.22. The Morgan fingerprint density at radius 1 is 1.17 bits per heavy atom. The van der Waals surface area contributed by atoms with Crippen LogP contribution in [0.15, 0.2) is 12.7 Å². The molecule has 0 saturated heterocycles. The van der Waals surface area contributed by atoms with Gasteiger partial charge in [-0.15, -0.1) is 0 Å². The van der Waals surface area contributed by atoms with Gasteiger partial charge in [0.05, 0.1) is 0 Å². The van der Waals surface area contributed by atoms with Gasteiger partial charge < -0.3 is 18.9 Å². The number of unbranched alkanes of at least 4 members (excludes halogenated alkanes) is 1. The van der Waals surface area contributed by atoms with Crippen molar-refractivity contribution >= 4 is 5.97 Å². The minimum atomic E-state index is -0.687. The Morgan fingerprint density at radius 2 is 1.78 bits per heavy atom. The highest BCUT2D eigenvalue weighted by Crippen LogP contribution is 2.06. The van der Waals surface area contributed by atoms with Crippen LogP contribution in [-0.4, -0.2) is 31.4 Å². The van der Waals surface area contributed by atoms with Crippen LogP contribution in [0, 0.1) is 0 Å². The van der Waals surface area contributed by atoms with Crippen molar-refractivity contribution in [3.8, 4) is 0 Å². The number of esters is 1. The summed E-state index contributed by atoms with van der Waals surface area (Å²) in [6, 6.07) is 0. The molecule has 18 heavy (non-hydrogen) atoms. The van der Waals surface area contributed by atoms with Crippen molar-refractivity contribution in [3.63, 3.8) is 0 Å². The van der Waals surface area contributed by atoms with Gasteiger partial charge >= 0.3 is 5.97 Å². The molecule has 0 aromatic heterocycles. The first-order chi connectivity index (χ1) is 8.49. The summed E-state index contributed by atoms with van der Waals surface area (Å²) in [5.41, 5.74) is 0. The minimum absolute atomic E-state index is 0.353. The fraction of sp³-hybridized carbons (Fsp3) is 0.769. The van der Waals surface area contributed by atoms with Crippen molar-refractivity contribution in [3.05, 3.63) is 12.7 Å². The maximum Gasteiger partial charge on any atom is 0.332 e. The Balaban J connectivity index is 3.77. The van der Waals surface area contributed by atoms with Crippen LogP contribution < -0.4 is 0 Å². The van der Waals surface area contributed by atoms with Gasteiger partial charge in [-0.3, -0.25) is 0 Å². The van der Waals surface area contributed by atoms with Gasteiger partial charge in [-0.05, 0) is 27.2 Å². The third kappa shape index (κ3) is 9.15. The number of hydrogen-bond donors (Lipinski definition) is 0. The van der Waals surface area contributed by atoms with Gasteiger partial charge in [0.1, 0.15) is 0 Å². The van der Waals surface area contributed by atoms with E-state index in [4.69, 9.17) is 18.9 Å². The van der Waals surface area contributed by atoms with Crippen LogP contribution >= 0.6 is 0 Å². The fourth-order valence-electron chi connectivity index (χ4n) is 1.24. The van der Waals surface area contributed by atoms with Gasteiger partial charge in [-0.25, -0.2) is 4.79 Å². The number of rotatable bonds is 10. The molecule has 3 unspecified atom stereocenters. The molecule has 0 aliphatic rings. The third-order valence-corrected chi connectivity index (χ3v) is 2.07. The van der Waals surface area contributed by atoms with Gasteiger partial charge in [0.15, 0.2) is 12.6 Å². The molecule has 3 atom stereocenters. The highest BCUT2D eigenvalue weighted by Gasteiger charge is 2.14. The molecule has 0 aliphatic heterocycles. The van der Waals surface area contributed by atoms with Gasteiger partial charge in [0.25, 0.3) is 0 Å². The molecular formula is C13H24O5. The molecule has 0 heterocycles. The first-order valence-electron chi connectivity index (χ1n) is 6.25. The number of hydrogen-bond acceptors (Lipinski definition) is 5.